The van der Waals surface area contributed by atoms with Crippen molar-refractivity contribution in [3.63, 3.8) is 0 Å². The van der Waals surface area contributed by atoms with Crippen molar-refractivity contribution in [3.05, 3.63) is 0 Å². The first-order valence-corrected chi connectivity index (χ1v) is 5.10. The molecule has 0 rings (SSSR count). The van der Waals surface area contributed by atoms with Crippen molar-refractivity contribution in [1.82, 2.24) is 0 Å². The Morgan fingerprint density at radius 3 is 2.23 bits per heavy atom. The molecule has 0 aromatic carbocycles. The minimum atomic E-state index is 0.0551. The summed E-state index contributed by atoms with van der Waals surface area (Å²) in [7, 11) is 1.80. The van der Waals surface area contributed by atoms with E-state index in [0.29, 0.717) is 12.5 Å². The SMILES string of the molecule is CCOC(=NC)C(C)(C)C(C)CC. The van der Waals surface area contributed by atoms with Gasteiger partial charge in [-0.1, -0.05) is 34.1 Å². The van der Waals surface area contributed by atoms with Crippen molar-refractivity contribution in [2.24, 2.45) is 16.3 Å². The fraction of sp³-hybridized carbons (Fsp3) is 0.909. The van der Waals surface area contributed by atoms with Gasteiger partial charge in [0, 0.05) is 12.5 Å². The van der Waals surface area contributed by atoms with E-state index in [9.17, 15) is 0 Å². The van der Waals surface area contributed by atoms with Gasteiger partial charge >= 0.3 is 0 Å². The second-order valence-electron chi connectivity index (χ2n) is 3.99. The van der Waals surface area contributed by atoms with Gasteiger partial charge in [0.1, 0.15) is 0 Å². The minimum Gasteiger partial charge on any atom is -0.481 e. The molecule has 78 valence electrons. The molecule has 0 aromatic rings. The van der Waals surface area contributed by atoms with Crippen LogP contribution in [0.2, 0.25) is 0 Å². The molecule has 0 fully saturated rings. The third-order valence-electron chi connectivity index (χ3n) is 2.88. The van der Waals surface area contributed by atoms with Crippen molar-refractivity contribution in [2.75, 3.05) is 13.7 Å². The van der Waals surface area contributed by atoms with Crippen molar-refractivity contribution in [3.8, 4) is 0 Å². The van der Waals surface area contributed by atoms with Gasteiger partial charge in [0.25, 0.3) is 0 Å². The molecule has 2 heteroatoms. The highest BCUT2D eigenvalue weighted by molar-refractivity contribution is 5.82. The zero-order valence-electron chi connectivity index (χ0n) is 9.85. The second-order valence-corrected chi connectivity index (χ2v) is 3.99. The molecule has 0 radical (unpaired) electrons. The lowest BCUT2D eigenvalue weighted by molar-refractivity contribution is 0.223. The number of hydrogen-bond donors (Lipinski definition) is 0. The Morgan fingerprint density at radius 2 is 1.92 bits per heavy atom. The largest absolute Gasteiger partial charge is 0.481 e. The summed E-state index contributed by atoms with van der Waals surface area (Å²) in [6.45, 7) is 11.5. The average Bonchev–Trinajstić information content (AvgIpc) is 2.12. The summed E-state index contributed by atoms with van der Waals surface area (Å²) < 4.78 is 5.53. The zero-order valence-corrected chi connectivity index (χ0v) is 9.85. The topological polar surface area (TPSA) is 21.6 Å². The molecule has 13 heavy (non-hydrogen) atoms. The molecule has 0 saturated carbocycles. The minimum absolute atomic E-state index is 0.0551. The van der Waals surface area contributed by atoms with Gasteiger partial charge in [-0.2, -0.15) is 0 Å². The van der Waals surface area contributed by atoms with Crippen molar-refractivity contribution >= 4 is 5.90 Å². The van der Waals surface area contributed by atoms with Crippen LogP contribution in [0.4, 0.5) is 0 Å². The number of aliphatic imine (C=N–C) groups is 1. The van der Waals surface area contributed by atoms with E-state index >= 15 is 0 Å². The van der Waals surface area contributed by atoms with Crippen LogP contribution in [-0.4, -0.2) is 19.6 Å². The molecule has 1 unspecified atom stereocenters. The predicted octanol–water partition coefficient (Wildman–Crippen LogP) is 3.12. The Balaban J connectivity index is 4.57. The third-order valence-corrected chi connectivity index (χ3v) is 2.88. The first kappa shape index (κ1) is 12.5. The maximum absolute atomic E-state index is 5.53. The van der Waals surface area contributed by atoms with Crippen LogP contribution in [0.15, 0.2) is 4.99 Å². The molecule has 0 aromatic heterocycles. The summed E-state index contributed by atoms with van der Waals surface area (Å²) in [4.78, 5) is 4.21. The molecular weight excluding hydrogens is 162 g/mol. The number of rotatable bonds is 4. The lowest BCUT2D eigenvalue weighted by Gasteiger charge is -2.31. The molecule has 0 aliphatic carbocycles. The molecule has 1 atom stereocenters. The molecule has 0 saturated heterocycles. The van der Waals surface area contributed by atoms with Crippen LogP contribution in [0.25, 0.3) is 0 Å². The fourth-order valence-corrected chi connectivity index (χ4v) is 1.40. The molecule has 0 N–H and O–H groups in total. The van der Waals surface area contributed by atoms with E-state index in [1.165, 1.54) is 0 Å². The number of nitrogens with zero attached hydrogens (tertiary/aromatic N) is 1. The summed E-state index contributed by atoms with van der Waals surface area (Å²) in [6.07, 6.45) is 1.15. The van der Waals surface area contributed by atoms with Crippen molar-refractivity contribution < 1.29 is 4.74 Å². The molecular formula is C11H23NO. The lowest BCUT2D eigenvalue weighted by atomic mass is 9.78. The summed E-state index contributed by atoms with van der Waals surface area (Å²) in [5.74, 6) is 1.47. The van der Waals surface area contributed by atoms with Gasteiger partial charge < -0.3 is 4.74 Å². The third kappa shape index (κ3) is 3.02. The Bertz CT molecular complexity index is 173. The van der Waals surface area contributed by atoms with Crippen molar-refractivity contribution in [1.29, 1.82) is 0 Å². The van der Waals surface area contributed by atoms with E-state index in [2.05, 4.69) is 32.7 Å². The van der Waals surface area contributed by atoms with E-state index in [1.54, 1.807) is 7.05 Å². The monoisotopic (exact) mass is 185 g/mol. The van der Waals surface area contributed by atoms with Crippen LogP contribution in [0, 0.1) is 11.3 Å². The summed E-state index contributed by atoms with van der Waals surface area (Å²) in [5.41, 5.74) is 0.0551. The fourth-order valence-electron chi connectivity index (χ4n) is 1.40. The molecule has 2 nitrogen and oxygen atoms in total. The highest BCUT2D eigenvalue weighted by atomic mass is 16.5. The van der Waals surface area contributed by atoms with E-state index in [-0.39, 0.29) is 5.41 Å². The maximum Gasteiger partial charge on any atom is 0.189 e. The van der Waals surface area contributed by atoms with E-state index in [0.717, 1.165) is 12.3 Å². The molecule has 0 aliphatic rings. The average molecular weight is 185 g/mol. The predicted molar refractivity (Wildman–Crippen MR) is 58.2 cm³/mol. The highest BCUT2D eigenvalue weighted by Crippen LogP contribution is 2.31. The smallest absolute Gasteiger partial charge is 0.189 e. The summed E-state index contributed by atoms with van der Waals surface area (Å²) >= 11 is 0. The molecule has 0 heterocycles. The van der Waals surface area contributed by atoms with E-state index in [1.807, 2.05) is 6.92 Å². The van der Waals surface area contributed by atoms with Crippen LogP contribution in [0.1, 0.15) is 41.0 Å². The van der Waals surface area contributed by atoms with Gasteiger partial charge in [0.15, 0.2) is 5.90 Å². The van der Waals surface area contributed by atoms with E-state index < -0.39 is 0 Å². The first-order valence-electron chi connectivity index (χ1n) is 5.10. The van der Waals surface area contributed by atoms with Crippen molar-refractivity contribution in [2.45, 2.75) is 41.0 Å². The Morgan fingerprint density at radius 1 is 1.38 bits per heavy atom. The molecule has 0 bridgehead atoms. The first-order chi connectivity index (χ1) is 6.00. The van der Waals surface area contributed by atoms with Gasteiger partial charge in [-0.3, -0.25) is 4.99 Å². The lowest BCUT2D eigenvalue weighted by Crippen LogP contribution is -2.33. The van der Waals surface area contributed by atoms with Gasteiger partial charge in [0.2, 0.25) is 0 Å². The summed E-state index contributed by atoms with van der Waals surface area (Å²) in [6, 6.07) is 0. The van der Waals surface area contributed by atoms with Gasteiger partial charge in [-0.05, 0) is 12.8 Å². The van der Waals surface area contributed by atoms with Crippen LogP contribution >= 0.6 is 0 Å². The number of hydrogen-bond acceptors (Lipinski definition) is 2. The normalized spacial score (nSPS) is 15.7. The van der Waals surface area contributed by atoms with Crippen LogP contribution < -0.4 is 0 Å². The van der Waals surface area contributed by atoms with Gasteiger partial charge in [-0.15, -0.1) is 0 Å². The second kappa shape index (κ2) is 5.25. The maximum atomic E-state index is 5.53. The van der Waals surface area contributed by atoms with E-state index in [4.69, 9.17) is 4.74 Å². The van der Waals surface area contributed by atoms with Crippen LogP contribution in [0.3, 0.4) is 0 Å². The standard InChI is InChI=1S/C11H23NO/c1-7-9(3)11(4,5)10(12-6)13-8-2/h9H,7-8H2,1-6H3. The van der Waals surface area contributed by atoms with Gasteiger partial charge in [0.05, 0.1) is 6.61 Å². The Hall–Kier alpha value is -0.530. The Kier molecular flexibility index (Phi) is 5.04. The zero-order chi connectivity index (χ0) is 10.5. The summed E-state index contributed by atoms with van der Waals surface area (Å²) in [5, 5.41) is 0. The van der Waals surface area contributed by atoms with Gasteiger partial charge in [-0.25, -0.2) is 0 Å². The molecule has 0 spiro atoms. The highest BCUT2D eigenvalue weighted by Gasteiger charge is 2.31. The number of ether oxygens (including phenoxy) is 1. The quantitative estimate of drug-likeness (QED) is 0.487. The van der Waals surface area contributed by atoms with Crippen LogP contribution in [0.5, 0.6) is 0 Å². The molecule has 0 amide bonds. The Labute approximate surface area is 82.4 Å². The van der Waals surface area contributed by atoms with Crippen LogP contribution in [-0.2, 0) is 4.74 Å². The molecule has 0 aliphatic heterocycles.